The third-order valence-electron chi connectivity index (χ3n) is 4.18. The van der Waals surface area contributed by atoms with Crippen LogP contribution in [-0.2, 0) is 0 Å². The average Bonchev–Trinajstić information content (AvgIpc) is 2.75. The summed E-state index contributed by atoms with van der Waals surface area (Å²) in [6.45, 7) is 0. The molecule has 0 aliphatic carbocycles. The summed E-state index contributed by atoms with van der Waals surface area (Å²) in [4.78, 5) is 21.2. The zero-order valence-corrected chi connectivity index (χ0v) is 14.8. The van der Waals surface area contributed by atoms with Crippen molar-refractivity contribution < 1.29 is 4.79 Å². The van der Waals surface area contributed by atoms with E-state index in [-0.39, 0.29) is 11.6 Å². The predicted molar refractivity (Wildman–Crippen MR) is 108 cm³/mol. The van der Waals surface area contributed by atoms with Crippen LogP contribution in [0.1, 0.15) is 16.1 Å². The van der Waals surface area contributed by atoms with E-state index in [0.29, 0.717) is 11.3 Å². The minimum atomic E-state index is -0.318. The van der Waals surface area contributed by atoms with Crippen LogP contribution >= 0.6 is 0 Å². The Hall–Kier alpha value is -4.24. The molecule has 2 heterocycles. The number of amides is 1. The van der Waals surface area contributed by atoms with Crippen molar-refractivity contribution in [3.8, 4) is 6.07 Å². The maximum absolute atomic E-state index is 12.7. The molecule has 0 aliphatic heterocycles. The van der Waals surface area contributed by atoms with E-state index >= 15 is 0 Å². The number of anilines is 3. The van der Waals surface area contributed by atoms with Gasteiger partial charge in [0.2, 0.25) is 0 Å². The standard InChI is InChI=1S/C22H15N5O/c23-14-15-6-8-17(9-7-15)26-18-10-12-24-20(13-18)22(28)27-19-5-1-3-16-4-2-11-25-21(16)19/h1-13H,(H,24,26)(H,27,28). The molecular weight excluding hydrogens is 350 g/mol. The fourth-order valence-corrected chi connectivity index (χ4v) is 2.82. The number of nitrogens with one attached hydrogen (secondary N) is 2. The fourth-order valence-electron chi connectivity index (χ4n) is 2.82. The third kappa shape index (κ3) is 3.64. The van der Waals surface area contributed by atoms with Crippen molar-refractivity contribution in [2.75, 3.05) is 10.6 Å². The zero-order chi connectivity index (χ0) is 19.3. The van der Waals surface area contributed by atoms with Crippen molar-refractivity contribution in [2.24, 2.45) is 0 Å². The molecule has 2 aromatic carbocycles. The summed E-state index contributed by atoms with van der Waals surface area (Å²) in [6, 6.07) is 22.0. The zero-order valence-electron chi connectivity index (χ0n) is 14.8. The van der Waals surface area contributed by atoms with Gasteiger partial charge in [-0.1, -0.05) is 18.2 Å². The average molecular weight is 365 g/mol. The Morgan fingerprint density at radius 3 is 2.54 bits per heavy atom. The van der Waals surface area contributed by atoms with Gasteiger partial charge < -0.3 is 10.6 Å². The van der Waals surface area contributed by atoms with E-state index in [0.717, 1.165) is 22.3 Å². The van der Waals surface area contributed by atoms with E-state index in [1.165, 1.54) is 0 Å². The number of rotatable bonds is 4. The summed E-state index contributed by atoms with van der Waals surface area (Å²) in [5, 5.41) is 15.9. The normalized spacial score (nSPS) is 10.2. The first-order valence-corrected chi connectivity index (χ1v) is 8.61. The van der Waals surface area contributed by atoms with Gasteiger partial charge in [0.1, 0.15) is 5.69 Å². The number of para-hydroxylation sites is 1. The van der Waals surface area contributed by atoms with Gasteiger partial charge in [-0.15, -0.1) is 0 Å². The topological polar surface area (TPSA) is 90.7 Å². The second kappa shape index (κ2) is 7.56. The summed E-state index contributed by atoms with van der Waals surface area (Å²) < 4.78 is 0. The van der Waals surface area contributed by atoms with Crippen molar-refractivity contribution in [3.63, 3.8) is 0 Å². The Morgan fingerprint density at radius 2 is 1.71 bits per heavy atom. The largest absolute Gasteiger partial charge is 0.355 e. The van der Waals surface area contributed by atoms with Gasteiger partial charge >= 0.3 is 0 Å². The van der Waals surface area contributed by atoms with E-state index in [4.69, 9.17) is 5.26 Å². The van der Waals surface area contributed by atoms with Crippen LogP contribution in [0.3, 0.4) is 0 Å². The van der Waals surface area contributed by atoms with Gasteiger partial charge in [-0.05, 0) is 48.5 Å². The van der Waals surface area contributed by atoms with E-state index in [1.54, 1.807) is 48.8 Å². The van der Waals surface area contributed by atoms with Crippen LogP contribution in [0.4, 0.5) is 17.1 Å². The molecule has 134 valence electrons. The number of hydrogen-bond donors (Lipinski definition) is 2. The monoisotopic (exact) mass is 365 g/mol. The number of hydrogen-bond acceptors (Lipinski definition) is 5. The van der Waals surface area contributed by atoms with Crippen LogP contribution in [-0.4, -0.2) is 15.9 Å². The molecule has 0 saturated carbocycles. The van der Waals surface area contributed by atoms with Crippen molar-refractivity contribution >= 4 is 33.9 Å². The van der Waals surface area contributed by atoms with Gasteiger partial charge in [0.05, 0.1) is 22.8 Å². The third-order valence-corrected chi connectivity index (χ3v) is 4.18. The number of aromatic nitrogens is 2. The number of nitrogens with zero attached hydrogens (tertiary/aromatic N) is 3. The van der Waals surface area contributed by atoms with Crippen LogP contribution in [0.15, 0.2) is 79.1 Å². The van der Waals surface area contributed by atoms with Crippen molar-refractivity contribution in [3.05, 3.63) is 90.4 Å². The van der Waals surface area contributed by atoms with Crippen molar-refractivity contribution in [2.45, 2.75) is 0 Å². The molecular formula is C22H15N5O. The Bertz CT molecular complexity index is 1190. The molecule has 4 aromatic rings. The molecule has 0 bridgehead atoms. The molecule has 4 rings (SSSR count). The lowest BCUT2D eigenvalue weighted by atomic mass is 10.2. The maximum Gasteiger partial charge on any atom is 0.274 e. The summed E-state index contributed by atoms with van der Waals surface area (Å²) in [6.07, 6.45) is 3.26. The molecule has 0 spiro atoms. The van der Waals surface area contributed by atoms with Crippen LogP contribution in [0.5, 0.6) is 0 Å². The molecule has 2 N–H and O–H groups in total. The lowest BCUT2D eigenvalue weighted by Crippen LogP contribution is -2.14. The van der Waals surface area contributed by atoms with Gasteiger partial charge in [0.25, 0.3) is 5.91 Å². The number of benzene rings is 2. The maximum atomic E-state index is 12.7. The summed E-state index contributed by atoms with van der Waals surface area (Å²) >= 11 is 0. The van der Waals surface area contributed by atoms with Crippen LogP contribution in [0, 0.1) is 11.3 Å². The molecule has 6 nitrogen and oxygen atoms in total. The molecule has 0 radical (unpaired) electrons. The van der Waals surface area contributed by atoms with Gasteiger partial charge in [0.15, 0.2) is 0 Å². The summed E-state index contributed by atoms with van der Waals surface area (Å²) in [5.74, 6) is -0.318. The highest BCUT2D eigenvalue weighted by molar-refractivity contribution is 6.07. The van der Waals surface area contributed by atoms with Crippen molar-refractivity contribution in [1.29, 1.82) is 5.26 Å². The highest BCUT2D eigenvalue weighted by Crippen LogP contribution is 2.22. The second-order valence-electron chi connectivity index (χ2n) is 6.08. The van der Waals surface area contributed by atoms with Gasteiger partial charge in [0, 0.05) is 29.2 Å². The first-order valence-electron chi connectivity index (χ1n) is 8.61. The highest BCUT2D eigenvalue weighted by atomic mass is 16.1. The number of carbonyl (C=O) groups excluding carboxylic acids is 1. The quantitative estimate of drug-likeness (QED) is 0.556. The lowest BCUT2D eigenvalue weighted by molar-refractivity contribution is 0.102. The Labute approximate surface area is 161 Å². The molecule has 6 heteroatoms. The summed E-state index contributed by atoms with van der Waals surface area (Å²) in [7, 11) is 0. The second-order valence-corrected chi connectivity index (χ2v) is 6.08. The molecule has 0 atom stereocenters. The Morgan fingerprint density at radius 1 is 0.893 bits per heavy atom. The number of fused-ring (bicyclic) bond motifs is 1. The summed E-state index contributed by atoms with van der Waals surface area (Å²) in [5.41, 5.74) is 3.77. The number of carbonyl (C=O) groups is 1. The van der Waals surface area contributed by atoms with Crippen LogP contribution < -0.4 is 10.6 Å². The molecule has 1 amide bonds. The predicted octanol–water partition coefficient (Wildman–Crippen LogP) is 4.50. The van der Waals surface area contributed by atoms with Crippen molar-refractivity contribution in [1.82, 2.24) is 9.97 Å². The van der Waals surface area contributed by atoms with E-state index in [1.807, 2.05) is 30.3 Å². The number of nitriles is 1. The Balaban J connectivity index is 1.55. The smallest absolute Gasteiger partial charge is 0.274 e. The first-order chi connectivity index (χ1) is 13.7. The van der Waals surface area contributed by atoms with E-state index in [2.05, 4.69) is 26.7 Å². The van der Waals surface area contributed by atoms with Gasteiger partial charge in [-0.25, -0.2) is 0 Å². The SMILES string of the molecule is N#Cc1ccc(Nc2ccnc(C(=O)Nc3cccc4cccnc34)c2)cc1. The minimum Gasteiger partial charge on any atom is -0.355 e. The Kier molecular flexibility index (Phi) is 4.64. The molecule has 2 aromatic heterocycles. The van der Waals surface area contributed by atoms with Crippen LogP contribution in [0.25, 0.3) is 10.9 Å². The lowest BCUT2D eigenvalue weighted by Gasteiger charge is -2.10. The van der Waals surface area contributed by atoms with Crippen LogP contribution in [0.2, 0.25) is 0 Å². The molecule has 0 fully saturated rings. The molecule has 0 aliphatic rings. The van der Waals surface area contributed by atoms with Gasteiger partial charge in [-0.2, -0.15) is 5.26 Å². The number of pyridine rings is 2. The molecule has 28 heavy (non-hydrogen) atoms. The van der Waals surface area contributed by atoms with Gasteiger partial charge in [-0.3, -0.25) is 14.8 Å². The van der Waals surface area contributed by atoms with E-state index < -0.39 is 0 Å². The fraction of sp³-hybridized carbons (Fsp3) is 0. The molecule has 0 saturated heterocycles. The van der Waals surface area contributed by atoms with E-state index in [9.17, 15) is 4.79 Å². The molecule has 0 unspecified atom stereocenters. The highest BCUT2D eigenvalue weighted by Gasteiger charge is 2.11. The minimum absolute atomic E-state index is 0.284. The first kappa shape index (κ1) is 17.2.